The van der Waals surface area contributed by atoms with Gasteiger partial charge in [0, 0.05) is 15.6 Å². The number of hydrogen-bond donors (Lipinski definition) is 0. The summed E-state index contributed by atoms with van der Waals surface area (Å²) in [6.45, 7) is 0. The van der Waals surface area contributed by atoms with Gasteiger partial charge in [-0.3, -0.25) is 4.79 Å². The first-order valence-electron chi connectivity index (χ1n) is 5.36. The van der Waals surface area contributed by atoms with Gasteiger partial charge in [-0.2, -0.15) is 0 Å². The Morgan fingerprint density at radius 1 is 1.26 bits per heavy atom. The van der Waals surface area contributed by atoms with E-state index in [0.29, 0.717) is 20.8 Å². The predicted molar refractivity (Wildman–Crippen MR) is 75.5 cm³/mol. The predicted octanol–water partition coefficient (Wildman–Crippen LogP) is 4.48. The molecular weight excluding hydrogens is 335 g/mol. The number of halogens is 3. The highest BCUT2D eigenvalue weighted by atomic mass is 79.9. The lowest BCUT2D eigenvalue weighted by molar-refractivity contribution is 0.103. The molecular formula is C14H9BrClFO2. The van der Waals surface area contributed by atoms with Crippen molar-refractivity contribution in [1.29, 1.82) is 0 Å². The molecule has 0 N–H and O–H groups in total. The molecule has 0 saturated heterocycles. The maximum Gasteiger partial charge on any atom is 0.194 e. The molecule has 2 nitrogen and oxygen atoms in total. The Morgan fingerprint density at radius 3 is 2.63 bits per heavy atom. The highest BCUT2D eigenvalue weighted by Crippen LogP contribution is 2.27. The average Bonchev–Trinajstić information content (AvgIpc) is 2.40. The molecule has 0 heterocycles. The summed E-state index contributed by atoms with van der Waals surface area (Å²) >= 11 is 9.20. The molecule has 0 aliphatic carbocycles. The number of carbonyl (C=O) groups excluding carboxylic acids is 1. The van der Waals surface area contributed by atoms with Gasteiger partial charge in [0.1, 0.15) is 11.6 Å². The van der Waals surface area contributed by atoms with E-state index < -0.39 is 5.82 Å². The van der Waals surface area contributed by atoms with Crippen LogP contribution in [0, 0.1) is 5.82 Å². The number of hydrogen-bond acceptors (Lipinski definition) is 2. The van der Waals surface area contributed by atoms with E-state index >= 15 is 0 Å². The number of rotatable bonds is 3. The van der Waals surface area contributed by atoms with E-state index in [0.717, 1.165) is 0 Å². The summed E-state index contributed by atoms with van der Waals surface area (Å²) in [4.78, 5) is 12.3. The minimum atomic E-state index is -0.467. The topological polar surface area (TPSA) is 26.3 Å². The van der Waals surface area contributed by atoms with Crippen molar-refractivity contribution >= 4 is 33.3 Å². The molecule has 2 aromatic carbocycles. The van der Waals surface area contributed by atoms with E-state index in [1.807, 2.05) is 0 Å². The first-order valence-corrected chi connectivity index (χ1v) is 6.53. The summed E-state index contributed by atoms with van der Waals surface area (Å²) < 4.78 is 18.8. The fraction of sp³-hybridized carbons (Fsp3) is 0.0714. The van der Waals surface area contributed by atoms with Crippen LogP contribution in [0.2, 0.25) is 5.02 Å². The third-order valence-corrected chi connectivity index (χ3v) is 3.57. The second kappa shape index (κ2) is 5.72. The molecule has 19 heavy (non-hydrogen) atoms. The van der Waals surface area contributed by atoms with E-state index in [4.69, 9.17) is 16.3 Å². The second-order valence-corrected chi connectivity index (χ2v) is 5.06. The molecule has 0 radical (unpaired) electrons. The Bertz CT molecular complexity index is 643. The maximum absolute atomic E-state index is 13.2. The molecule has 0 aliphatic heterocycles. The smallest absolute Gasteiger partial charge is 0.194 e. The van der Waals surface area contributed by atoms with Gasteiger partial charge in [0.15, 0.2) is 5.78 Å². The normalized spacial score (nSPS) is 10.3. The summed E-state index contributed by atoms with van der Waals surface area (Å²) in [6, 6.07) is 8.65. The summed E-state index contributed by atoms with van der Waals surface area (Å²) in [6.07, 6.45) is 0. The summed E-state index contributed by atoms with van der Waals surface area (Å²) in [5.41, 5.74) is 0.623. The van der Waals surface area contributed by atoms with Crippen LogP contribution in [0.1, 0.15) is 15.9 Å². The van der Waals surface area contributed by atoms with Crippen LogP contribution >= 0.6 is 27.5 Å². The number of methoxy groups -OCH3 is 1. The minimum absolute atomic E-state index is 0.251. The monoisotopic (exact) mass is 342 g/mol. The largest absolute Gasteiger partial charge is 0.495 e. The third kappa shape index (κ3) is 2.96. The van der Waals surface area contributed by atoms with Crippen LogP contribution < -0.4 is 4.74 Å². The van der Waals surface area contributed by atoms with Crippen molar-refractivity contribution in [2.45, 2.75) is 0 Å². The lowest BCUT2D eigenvalue weighted by atomic mass is 10.0. The zero-order valence-electron chi connectivity index (χ0n) is 9.91. The molecule has 0 spiro atoms. The van der Waals surface area contributed by atoms with Gasteiger partial charge in [-0.25, -0.2) is 4.39 Å². The number of ketones is 1. The van der Waals surface area contributed by atoms with Gasteiger partial charge >= 0.3 is 0 Å². The second-order valence-electron chi connectivity index (χ2n) is 3.80. The molecule has 0 amide bonds. The van der Waals surface area contributed by atoms with E-state index in [-0.39, 0.29) is 11.3 Å². The fourth-order valence-corrected chi connectivity index (χ4v) is 2.32. The van der Waals surface area contributed by atoms with E-state index in [1.165, 1.54) is 31.4 Å². The number of ether oxygens (including phenoxy) is 1. The Balaban J connectivity index is 2.44. The lowest BCUT2D eigenvalue weighted by Gasteiger charge is -2.07. The summed E-state index contributed by atoms with van der Waals surface area (Å²) in [5, 5.41) is 0.334. The van der Waals surface area contributed by atoms with Crippen LogP contribution in [0.15, 0.2) is 40.9 Å². The molecule has 5 heteroatoms. The Labute approximate surface area is 123 Å². The highest BCUT2D eigenvalue weighted by Gasteiger charge is 2.15. The fourth-order valence-electron chi connectivity index (χ4n) is 1.63. The van der Waals surface area contributed by atoms with Gasteiger partial charge in [0.25, 0.3) is 0 Å². The zero-order chi connectivity index (χ0) is 14.0. The SMILES string of the molecule is COc1ccc(C(=O)c2cc(F)ccc2Br)cc1Cl. The minimum Gasteiger partial charge on any atom is -0.495 e. The van der Waals surface area contributed by atoms with Crippen LogP contribution in [0.25, 0.3) is 0 Å². The Kier molecular flexibility index (Phi) is 4.22. The maximum atomic E-state index is 13.2. The molecule has 98 valence electrons. The molecule has 0 aromatic heterocycles. The average molecular weight is 344 g/mol. The van der Waals surface area contributed by atoms with Crippen molar-refractivity contribution in [2.75, 3.05) is 7.11 Å². The lowest BCUT2D eigenvalue weighted by Crippen LogP contribution is -2.03. The van der Waals surface area contributed by atoms with Crippen LogP contribution in [-0.4, -0.2) is 12.9 Å². The van der Waals surface area contributed by atoms with Crippen molar-refractivity contribution in [3.8, 4) is 5.75 Å². The standard InChI is InChI=1S/C14H9BrClFO2/c1-19-13-5-2-8(6-12(13)16)14(18)10-7-9(17)3-4-11(10)15/h2-7H,1H3. The van der Waals surface area contributed by atoms with Crippen LogP contribution in [0.4, 0.5) is 4.39 Å². The van der Waals surface area contributed by atoms with Crippen molar-refractivity contribution in [3.05, 3.63) is 62.8 Å². The van der Waals surface area contributed by atoms with E-state index in [1.54, 1.807) is 12.1 Å². The molecule has 2 aromatic rings. The van der Waals surface area contributed by atoms with Gasteiger partial charge in [-0.15, -0.1) is 0 Å². The van der Waals surface area contributed by atoms with Crippen LogP contribution in [0.3, 0.4) is 0 Å². The van der Waals surface area contributed by atoms with E-state index in [2.05, 4.69) is 15.9 Å². The van der Waals surface area contributed by atoms with E-state index in [9.17, 15) is 9.18 Å². The molecule has 0 unspecified atom stereocenters. The quantitative estimate of drug-likeness (QED) is 0.768. The Morgan fingerprint density at radius 2 is 2.00 bits per heavy atom. The summed E-state index contributed by atoms with van der Waals surface area (Å²) in [5.74, 6) is -0.293. The van der Waals surface area contributed by atoms with Gasteiger partial charge in [-0.05, 0) is 36.4 Å². The van der Waals surface area contributed by atoms with Gasteiger partial charge < -0.3 is 4.74 Å². The number of benzene rings is 2. The van der Waals surface area contributed by atoms with Gasteiger partial charge in [0.05, 0.1) is 12.1 Å². The van der Waals surface area contributed by atoms with Crippen molar-refractivity contribution in [1.82, 2.24) is 0 Å². The molecule has 0 atom stereocenters. The van der Waals surface area contributed by atoms with Crippen LogP contribution in [-0.2, 0) is 0 Å². The van der Waals surface area contributed by atoms with Crippen molar-refractivity contribution in [2.24, 2.45) is 0 Å². The molecule has 0 bridgehead atoms. The first kappa shape index (κ1) is 14.0. The molecule has 0 fully saturated rings. The van der Waals surface area contributed by atoms with Gasteiger partial charge in [-0.1, -0.05) is 27.5 Å². The zero-order valence-corrected chi connectivity index (χ0v) is 12.3. The first-order chi connectivity index (χ1) is 9.02. The van der Waals surface area contributed by atoms with Crippen molar-refractivity contribution in [3.63, 3.8) is 0 Å². The molecule has 0 aliphatic rings. The Hall–Kier alpha value is -1.39. The highest BCUT2D eigenvalue weighted by molar-refractivity contribution is 9.10. The van der Waals surface area contributed by atoms with Crippen molar-refractivity contribution < 1.29 is 13.9 Å². The molecule has 0 saturated carbocycles. The van der Waals surface area contributed by atoms with Crippen LogP contribution in [0.5, 0.6) is 5.75 Å². The number of carbonyl (C=O) groups is 1. The molecule has 2 rings (SSSR count). The third-order valence-electron chi connectivity index (χ3n) is 2.59. The van der Waals surface area contributed by atoms with Gasteiger partial charge in [0.2, 0.25) is 0 Å². The summed E-state index contributed by atoms with van der Waals surface area (Å²) in [7, 11) is 1.49.